The lowest BCUT2D eigenvalue weighted by Crippen LogP contribution is -2.44. The van der Waals surface area contributed by atoms with Crippen molar-refractivity contribution in [3.05, 3.63) is 36.0 Å². The summed E-state index contributed by atoms with van der Waals surface area (Å²) >= 11 is 0. The monoisotopic (exact) mass is 384 g/mol. The summed E-state index contributed by atoms with van der Waals surface area (Å²) in [5.41, 5.74) is 0.200. The molecule has 9 nitrogen and oxygen atoms in total. The maximum Gasteiger partial charge on any atom is 0.257 e. The zero-order valence-corrected chi connectivity index (χ0v) is 16.0. The highest BCUT2D eigenvalue weighted by atomic mass is 16.5. The van der Waals surface area contributed by atoms with Crippen molar-refractivity contribution in [2.75, 3.05) is 39.4 Å². The molecule has 0 aromatic carbocycles. The van der Waals surface area contributed by atoms with Gasteiger partial charge in [-0.15, -0.1) is 0 Å². The van der Waals surface area contributed by atoms with Crippen LogP contribution in [0.4, 0.5) is 0 Å². The van der Waals surface area contributed by atoms with Gasteiger partial charge in [-0.2, -0.15) is 4.98 Å². The molecule has 3 saturated heterocycles. The molecule has 2 atom stereocenters. The fraction of sp³-hybridized carbons (Fsp3) is 0.632. The summed E-state index contributed by atoms with van der Waals surface area (Å²) in [5, 5.41) is 4.03. The minimum Gasteiger partial charge on any atom is -0.381 e. The van der Waals surface area contributed by atoms with Crippen LogP contribution >= 0.6 is 0 Å². The Morgan fingerprint density at radius 1 is 1.18 bits per heavy atom. The molecule has 3 fully saturated rings. The van der Waals surface area contributed by atoms with E-state index in [-0.39, 0.29) is 17.2 Å². The Morgan fingerprint density at radius 2 is 1.96 bits per heavy atom. The Bertz CT molecular complexity index is 852. The van der Waals surface area contributed by atoms with Crippen molar-refractivity contribution in [3.8, 4) is 0 Å². The Labute approximate surface area is 163 Å². The molecule has 148 valence electrons. The number of ether oxygens (including phenoxy) is 1. The fourth-order valence-electron chi connectivity index (χ4n) is 4.98. The molecule has 0 radical (unpaired) electrons. The third-order valence-corrected chi connectivity index (χ3v) is 6.39. The predicted molar refractivity (Wildman–Crippen MR) is 97.6 cm³/mol. The third-order valence-electron chi connectivity index (χ3n) is 6.39. The van der Waals surface area contributed by atoms with Crippen LogP contribution in [0.15, 0.2) is 23.2 Å². The van der Waals surface area contributed by atoms with Gasteiger partial charge in [-0.05, 0) is 19.8 Å². The van der Waals surface area contributed by atoms with Gasteiger partial charge in [0.15, 0.2) is 5.82 Å². The van der Waals surface area contributed by atoms with E-state index in [1.807, 2.05) is 11.8 Å². The highest BCUT2D eigenvalue weighted by Gasteiger charge is 2.58. The van der Waals surface area contributed by atoms with Gasteiger partial charge >= 0.3 is 0 Å². The number of fused-ring (bicyclic) bond motifs is 1. The summed E-state index contributed by atoms with van der Waals surface area (Å²) in [6.07, 6.45) is 6.68. The zero-order chi connectivity index (χ0) is 19.1. The highest BCUT2D eigenvalue weighted by molar-refractivity contribution is 5.94. The number of amides is 1. The summed E-state index contributed by atoms with van der Waals surface area (Å²) < 4.78 is 11.2. The second kappa shape index (κ2) is 6.89. The van der Waals surface area contributed by atoms with Gasteiger partial charge in [0.25, 0.3) is 5.91 Å². The standard InChI is InChI=1S/C19H24N6O3/c1-13-22-18(28-23-13)19-10-24(16-2-4-27-5-3-16)8-15(19)9-25(11-19)17(26)14-6-20-12-21-7-14/h6-7,12,15-16H,2-5,8-11H2,1H3/t15-,19-/m1/s1. The molecule has 9 heteroatoms. The first-order chi connectivity index (χ1) is 13.7. The van der Waals surface area contributed by atoms with Crippen LogP contribution in [0.5, 0.6) is 0 Å². The van der Waals surface area contributed by atoms with E-state index < -0.39 is 0 Å². The average Bonchev–Trinajstić information content (AvgIpc) is 3.41. The first-order valence-electron chi connectivity index (χ1n) is 9.82. The lowest BCUT2D eigenvalue weighted by molar-refractivity contribution is 0.0369. The van der Waals surface area contributed by atoms with Gasteiger partial charge in [0.05, 0.1) is 11.0 Å². The number of carbonyl (C=O) groups excluding carboxylic acids is 1. The Hall–Kier alpha value is -2.39. The quantitative estimate of drug-likeness (QED) is 0.762. The second-order valence-electron chi connectivity index (χ2n) is 8.09. The SMILES string of the molecule is Cc1noc([C@]23CN(C(=O)c4cncnc4)C[C@H]2CN(C2CCOCC2)C3)n1. The molecule has 2 aromatic rings. The van der Waals surface area contributed by atoms with Crippen molar-refractivity contribution in [2.45, 2.75) is 31.2 Å². The molecule has 5 rings (SSSR count). The molecule has 0 aliphatic carbocycles. The highest BCUT2D eigenvalue weighted by Crippen LogP contribution is 2.45. The fourth-order valence-corrected chi connectivity index (χ4v) is 4.98. The van der Waals surface area contributed by atoms with Gasteiger partial charge in [0.2, 0.25) is 5.89 Å². The number of rotatable bonds is 3. The molecule has 0 saturated carbocycles. The van der Waals surface area contributed by atoms with Gasteiger partial charge in [-0.3, -0.25) is 9.69 Å². The number of nitrogens with zero attached hydrogens (tertiary/aromatic N) is 6. The van der Waals surface area contributed by atoms with Crippen LogP contribution in [0.2, 0.25) is 0 Å². The van der Waals surface area contributed by atoms with Gasteiger partial charge in [0.1, 0.15) is 6.33 Å². The molecule has 3 aliphatic rings. The lowest BCUT2D eigenvalue weighted by Gasteiger charge is -2.33. The van der Waals surface area contributed by atoms with E-state index in [9.17, 15) is 4.79 Å². The van der Waals surface area contributed by atoms with Crippen molar-refractivity contribution in [3.63, 3.8) is 0 Å². The van der Waals surface area contributed by atoms with Crippen LogP contribution in [-0.2, 0) is 10.2 Å². The maximum absolute atomic E-state index is 13.0. The topological polar surface area (TPSA) is 97.5 Å². The number of aromatic nitrogens is 4. The van der Waals surface area contributed by atoms with Gasteiger partial charge in [-0.25, -0.2) is 9.97 Å². The summed E-state index contributed by atoms with van der Waals surface area (Å²) in [5.74, 6) is 1.52. The molecule has 5 heterocycles. The maximum atomic E-state index is 13.0. The van der Waals surface area contributed by atoms with Crippen molar-refractivity contribution >= 4 is 5.91 Å². The molecule has 3 aliphatic heterocycles. The first-order valence-corrected chi connectivity index (χ1v) is 9.82. The van der Waals surface area contributed by atoms with Crippen molar-refractivity contribution in [1.29, 1.82) is 0 Å². The Morgan fingerprint density at radius 3 is 2.68 bits per heavy atom. The molecule has 0 spiro atoms. The molecule has 1 amide bonds. The van der Waals surface area contributed by atoms with Crippen LogP contribution in [0.3, 0.4) is 0 Å². The Balaban J connectivity index is 1.42. The van der Waals surface area contributed by atoms with E-state index in [1.54, 1.807) is 12.4 Å². The number of aryl methyl sites for hydroxylation is 1. The Kier molecular flexibility index (Phi) is 4.36. The normalized spacial score (nSPS) is 28.6. The average molecular weight is 384 g/mol. The third kappa shape index (κ3) is 2.89. The number of hydrogen-bond donors (Lipinski definition) is 0. The smallest absolute Gasteiger partial charge is 0.257 e. The minimum absolute atomic E-state index is 0.0387. The summed E-state index contributed by atoms with van der Waals surface area (Å²) in [7, 11) is 0. The van der Waals surface area contributed by atoms with Crippen LogP contribution in [-0.4, -0.2) is 81.3 Å². The number of carbonyl (C=O) groups is 1. The minimum atomic E-state index is -0.315. The van der Waals surface area contributed by atoms with Crippen LogP contribution in [0.1, 0.15) is 34.9 Å². The molecule has 0 N–H and O–H groups in total. The zero-order valence-electron chi connectivity index (χ0n) is 16.0. The van der Waals surface area contributed by atoms with E-state index in [0.717, 1.165) is 39.1 Å². The summed E-state index contributed by atoms with van der Waals surface area (Å²) in [4.78, 5) is 30.0. The second-order valence-corrected chi connectivity index (χ2v) is 8.09. The molecule has 2 aromatic heterocycles. The van der Waals surface area contributed by atoms with Crippen molar-refractivity contribution in [1.82, 2.24) is 29.9 Å². The van der Waals surface area contributed by atoms with Gasteiger partial charge < -0.3 is 14.2 Å². The van der Waals surface area contributed by atoms with E-state index in [1.165, 1.54) is 6.33 Å². The van der Waals surface area contributed by atoms with Crippen LogP contribution in [0, 0.1) is 12.8 Å². The van der Waals surface area contributed by atoms with E-state index in [0.29, 0.717) is 36.4 Å². The molecule has 28 heavy (non-hydrogen) atoms. The molecular weight excluding hydrogens is 360 g/mol. The molecule has 0 bridgehead atoms. The van der Waals surface area contributed by atoms with Gasteiger partial charge in [-0.1, -0.05) is 5.16 Å². The lowest BCUT2D eigenvalue weighted by atomic mass is 9.81. The number of hydrogen-bond acceptors (Lipinski definition) is 8. The first kappa shape index (κ1) is 17.7. The van der Waals surface area contributed by atoms with Crippen molar-refractivity contribution in [2.24, 2.45) is 5.92 Å². The van der Waals surface area contributed by atoms with E-state index in [4.69, 9.17) is 9.26 Å². The molecule has 0 unspecified atom stereocenters. The number of likely N-dealkylation sites (tertiary alicyclic amines) is 2. The predicted octanol–water partition coefficient (Wildman–Crippen LogP) is 0.673. The summed E-state index contributed by atoms with van der Waals surface area (Å²) in [6.45, 7) is 6.49. The van der Waals surface area contributed by atoms with Crippen molar-refractivity contribution < 1.29 is 14.1 Å². The van der Waals surface area contributed by atoms with Gasteiger partial charge in [0, 0.05) is 63.7 Å². The largest absolute Gasteiger partial charge is 0.381 e. The molecular formula is C19H24N6O3. The van der Waals surface area contributed by atoms with E-state index in [2.05, 4.69) is 25.0 Å². The van der Waals surface area contributed by atoms with E-state index >= 15 is 0 Å². The van der Waals surface area contributed by atoms with Crippen LogP contribution in [0.25, 0.3) is 0 Å². The summed E-state index contributed by atoms with van der Waals surface area (Å²) in [6, 6.07) is 0.520. The van der Waals surface area contributed by atoms with Crippen LogP contribution < -0.4 is 0 Å².